The van der Waals surface area contributed by atoms with Gasteiger partial charge >= 0.3 is 5.97 Å². The second-order valence-corrected chi connectivity index (χ2v) is 7.57. The van der Waals surface area contributed by atoms with E-state index in [4.69, 9.17) is 14.2 Å². The fraction of sp³-hybridized carbons (Fsp3) is 0.292. The van der Waals surface area contributed by atoms with Crippen LogP contribution in [-0.4, -0.2) is 54.5 Å². The maximum Gasteiger partial charge on any atom is 0.308 e. The number of hydrogen-bond donors (Lipinski definition) is 1. The van der Waals surface area contributed by atoms with Crippen LogP contribution in [-0.2, 0) is 25.5 Å². The van der Waals surface area contributed by atoms with Crippen LogP contribution in [0.25, 0.3) is 5.76 Å². The molecule has 1 atom stereocenters. The first-order chi connectivity index (χ1) is 15.4. The lowest BCUT2D eigenvalue weighted by molar-refractivity contribution is -0.140. The lowest BCUT2D eigenvalue weighted by atomic mass is 9.94. The van der Waals surface area contributed by atoms with Crippen molar-refractivity contribution in [2.45, 2.75) is 19.4 Å². The van der Waals surface area contributed by atoms with Crippen LogP contribution < -0.4 is 9.47 Å². The minimum absolute atomic E-state index is 0.00482. The van der Waals surface area contributed by atoms with Crippen LogP contribution in [0, 0.1) is 0 Å². The fourth-order valence-electron chi connectivity index (χ4n) is 4.02. The smallest absolute Gasteiger partial charge is 0.308 e. The zero-order valence-corrected chi connectivity index (χ0v) is 17.8. The van der Waals surface area contributed by atoms with Crippen LogP contribution in [0.15, 0.2) is 48.0 Å². The number of esters is 1. The van der Waals surface area contributed by atoms with Crippen molar-refractivity contribution in [2.24, 2.45) is 0 Å². The SMILES string of the molecule is COCCN1C(=O)C(=O)/C(=C(\O)c2ccc3c(c2)CCO3)C1c1ccc(OC(C)=O)cc1. The number of methoxy groups -OCH3 is 1. The molecule has 4 rings (SSSR count). The van der Waals surface area contributed by atoms with Crippen molar-refractivity contribution in [1.82, 2.24) is 4.90 Å². The predicted molar refractivity (Wildman–Crippen MR) is 114 cm³/mol. The molecular weight excluding hydrogens is 414 g/mol. The minimum Gasteiger partial charge on any atom is -0.507 e. The number of Topliss-reactive ketones (excluding diaryl/α,β-unsaturated/α-hetero) is 1. The third-order valence-electron chi connectivity index (χ3n) is 5.50. The van der Waals surface area contributed by atoms with Crippen LogP contribution in [0.1, 0.15) is 29.7 Å². The molecule has 1 fully saturated rings. The van der Waals surface area contributed by atoms with E-state index in [1.165, 1.54) is 18.9 Å². The number of aliphatic hydroxyl groups is 1. The molecule has 2 aromatic rings. The number of aliphatic hydroxyl groups excluding tert-OH is 1. The fourth-order valence-corrected chi connectivity index (χ4v) is 4.02. The minimum atomic E-state index is -0.805. The number of benzene rings is 2. The Labute approximate surface area is 185 Å². The molecule has 0 saturated carbocycles. The Balaban J connectivity index is 1.79. The number of amides is 1. The number of rotatable bonds is 6. The Morgan fingerprint density at radius 2 is 1.94 bits per heavy atom. The van der Waals surface area contributed by atoms with Gasteiger partial charge in [0.15, 0.2) is 0 Å². The van der Waals surface area contributed by atoms with E-state index in [-0.39, 0.29) is 24.5 Å². The topological polar surface area (TPSA) is 102 Å². The highest BCUT2D eigenvalue weighted by atomic mass is 16.5. The van der Waals surface area contributed by atoms with Crippen molar-refractivity contribution < 1.29 is 33.7 Å². The summed E-state index contributed by atoms with van der Waals surface area (Å²) >= 11 is 0. The molecule has 166 valence electrons. The first-order valence-corrected chi connectivity index (χ1v) is 10.2. The van der Waals surface area contributed by atoms with E-state index in [0.717, 1.165) is 11.3 Å². The number of ketones is 1. The molecule has 8 heteroatoms. The lowest BCUT2D eigenvalue weighted by Crippen LogP contribution is -2.32. The zero-order valence-electron chi connectivity index (χ0n) is 17.8. The third-order valence-corrected chi connectivity index (χ3v) is 5.50. The van der Waals surface area contributed by atoms with E-state index >= 15 is 0 Å². The summed E-state index contributed by atoms with van der Waals surface area (Å²) in [5.74, 6) is -1.07. The molecule has 8 nitrogen and oxygen atoms in total. The number of fused-ring (bicyclic) bond motifs is 1. The Bertz CT molecular complexity index is 1100. The van der Waals surface area contributed by atoms with Gasteiger partial charge in [-0.2, -0.15) is 0 Å². The van der Waals surface area contributed by atoms with Crippen LogP contribution in [0.5, 0.6) is 11.5 Å². The summed E-state index contributed by atoms with van der Waals surface area (Å²) in [7, 11) is 1.51. The van der Waals surface area contributed by atoms with Crippen molar-refractivity contribution in [3.8, 4) is 11.5 Å². The molecule has 0 bridgehead atoms. The van der Waals surface area contributed by atoms with Crippen LogP contribution in [0.3, 0.4) is 0 Å². The molecule has 0 radical (unpaired) electrons. The van der Waals surface area contributed by atoms with Gasteiger partial charge in [0, 0.05) is 32.6 Å². The van der Waals surface area contributed by atoms with Crippen molar-refractivity contribution in [2.75, 3.05) is 26.9 Å². The van der Waals surface area contributed by atoms with Crippen molar-refractivity contribution in [3.63, 3.8) is 0 Å². The highest BCUT2D eigenvalue weighted by Gasteiger charge is 2.46. The quantitative estimate of drug-likeness (QED) is 0.244. The molecule has 0 aliphatic carbocycles. The number of likely N-dealkylation sites (tertiary alicyclic amines) is 1. The average molecular weight is 437 g/mol. The van der Waals surface area contributed by atoms with Gasteiger partial charge in [0.25, 0.3) is 11.7 Å². The molecule has 2 aliphatic heterocycles. The Hall–Kier alpha value is -3.65. The van der Waals surface area contributed by atoms with Crippen LogP contribution in [0.4, 0.5) is 0 Å². The Morgan fingerprint density at radius 3 is 2.62 bits per heavy atom. The molecule has 32 heavy (non-hydrogen) atoms. The van der Waals surface area contributed by atoms with Gasteiger partial charge in [-0.3, -0.25) is 14.4 Å². The predicted octanol–water partition coefficient (Wildman–Crippen LogP) is 2.61. The van der Waals surface area contributed by atoms with E-state index in [0.29, 0.717) is 29.9 Å². The molecule has 1 amide bonds. The standard InChI is InChI=1S/C24H23NO7/c1-14(26)32-18-6-3-15(4-7-18)21-20(23(28)24(29)25(21)10-12-30-2)22(27)17-5-8-19-16(13-17)9-11-31-19/h3-8,13,21,27H,9-12H2,1-2H3/b22-20-. The monoisotopic (exact) mass is 437 g/mol. The largest absolute Gasteiger partial charge is 0.507 e. The maximum absolute atomic E-state index is 13.0. The van der Waals surface area contributed by atoms with Gasteiger partial charge in [-0.1, -0.05) is 12.1 Å². The van der Waals surface area contributed by atoms with Crippen LogP contribution >= 0.6 is 0 Å². The number of ether oxygens (including phenoxy) is 3. The first kappa shape index (κ1) is 21.6. The Morgan fingerprint density at radius 1 is 1.19 bits per heavy atom. The number of hydrogen-bond acceptors (Lipinski definition) is 7. The summed E-state index contributed by atoms with van der Waals surface area (Å²) in [6.07, 6.45) is 0.708. The number of carbonyl (C=O) groups excluding carboxylic acids is 3. The second-order valence-electron chi connectivity index (χ2n) is 7.57. The molecule has 2 aliphatic rings. The van der Waals surface area contributed by atoms with Crippen molar-refractivity contribution >= 4 is 23.4 Å². The van der Waals surface area contributed by atoms with E-state index in [1.807, 2.05) is 0 Å². The summed E-state index contributed by atoms with van der Waals surface area (Å²) in [6.45, 7) is 2.27. The molecule has 1 saturated heterocycles. The van der Waals surface area contributed by atoms with E-state index in [2.05, 4.69) is 0 Å². The third kappa shape index (κ3) is 3.97. The number of carbonyl (C=O) groups is 3. The molecular formula is C24H23NO7. The van der Waals surface area contributed by atoms with E-state index in [9.17, 15) is 19.5 Å². The first-order valence-electron chi connectivity index (χ1n) is 10.2. The summed E-state index contributed by atoms with van der Waals surface area (Å²) in [5.41, 5.74) is 1.98. The van der Waals surface area contributed by atoms with Gasteiger partial charge in [0.1, 0.15) is 17.3 Å². The maximum atomic E-state index is 13.0. The second kappa shape index (κ2) is 8.84. The lowest BCUT2D eigenvalue weighted by Gasteiger charge is -2.25. The van der Waals surface area contributed by atoms with E-state index < -0.39 is 23.7 Å². The highest BCUT2D eigenvalue weighted by Crippen LogP contribution is 2.40. The van der Waals surface area contributed by atoms with Gasteiger partial charge in [0.2, 0.25) is 0 Å². The molecule has 0 aromatic heterocycles. The van der Waals surface area contributed by atoms with Gasteiger partial charge in [0.05, 0.1) is 24.8 Å². The molecule has 1 unspecified atom stereocenters. The normalized spacial score (nSPS) is 19.1. The van der Waals surface area contributed by atoms with Crippen molar-refractivity contribution in [1.29, 1.82) is 0 Å². The van der Waals surface area contributed by atoms with Gasteiger partial charge in [-0.05, 0) is 41.5 Å². The van der Waals surface area contributed by atoms with Gasteiger partial charge in [-0.15, -0.1) is 0 Å². The summed E-state index contributed by atoms with van der Waals surface area (Å²) in [6, 6.07) is 10.9. The number of nitrogens with zero attached hydrogens (tertiary/aromatic N) is 1. The van der Waals surface area contributed by atoms with Crippen molar-refractivity contribution in [3.05, 3.63) is 64.7 Å². The molecule has 0 spiro atoms. The summed E-state index contributed by atoms with van der Waals surface area (Å²) in [5, 5.41) is 11.1. The molecule has 2 heterocycles. The Kier molecular flexibility index (Phi) is 5.96. The summed E-state index contributed by atoms with van der Waals surface area (Å²) < 4.78 is 15.7. The van der Waals surface area contributed by atoms with Gasteiger partial charge in [-0.25, -0.2) is 0 Å². The zero-order chi connectivity index (χ0) is 22.8. The average Bonchev–Trinajstić information content (AvgIpc) is 3.34. The van der Waals surface area contributed by atoms with E-state index in [1.54, 1.807) is 42.5 Å². The molecule has 2 aromatic carbocycles. The summed E-state index contributed by atoms with van der Waals surface area (Å²) in [4.78, 5) is 38.4. The molecule has 1 N–H and O–H groups in total. The van der Waals surface area contributed by atoms with Crippen LogP contribution in [0.2, 0.25) is 0 Å². The van der Waals surface area contributed by atoms with Gasteiger partial charge < -0.3 is 24.2 Å². The highest BCUT2D eigenvalue weighted by molar-refractivity contribution is 6.46.